The number of hydrogen-bond acceptors (Lipinski definition) is 3. The van der Waals surface area contributed by atoms with Crippen LogP contribution in [0.25, 0.3) is 0 Å². The third-order valence-corrected chi connectivity index (χ3v) is 4.09. The standard InChI is InChI=1S/C16H15F3N2O2S/c17-16(18,19)13-7-4-9-21(15(13)23)11-14(22)20-8-10-24-12-5-2-1-3-6-12/h1-7,9H,8,10-11H2,(H,20,22). The second-order valence-corrected chi connectivity index (χ2v) is 6.03. The van der Waals surface area contributed by atoms with Crippen LogP contribution in [0.3, 0.4) is 0 Å². The second kappa shape index (κ2) is 8.05. The van der Waals surface area contributed by atoms with Gasteiger partial charge in [0.2, 0.25) is 5.91 Å². The molecule has 1 aromatic heterocycles. The number of thioether (sulfide) groups is 1. The summed E-state index contributed by atoms with van der Waals surface area (Å²) in [6, 6.07) is 11.4. The Balaban J connectivity index is 1.86. The first-order valence-corrected chi connectivity index (χ1v) is 8.07. The minimum atomic E-state index is -4.73. The summed E-state index contributed by atoms with van der Waals surface area (Å²) in [6.07, 6.45) is -3.57. The lowest BCUT2D eigenvalue weighted by Gasteiger charge is -2.10. The molecule has 2 rings (SSSR count). The third-order valence-electron chi connectivity index (χ3n) is 3.08. The molecule has 128 valence electrons. The lowest BCUT2D eigenvalue weighted by Crippen LogP contribution is -2.35. The van der Waals surface area contributed by atoms with Crippen LogP contribution in [0.5, 0.6) is 0 Å². The van der Waals surface area contributed by atoms with Crippen molar-refractivity contribution < 1.29 is 18.0 Å². The molecule has 0 unspecified atom stereocenters. The van der Waals surface area contributed by atoms with Gasteiger partial charge in [0.05, 0.1) is 0 Å². The molecule has 0 saturated heterocycles. The molecule has 1 N–H and O–H groups in total. The predicted molar refractivity (Wildman–Crippen MR) is 85.9 cm³/mol. The van der Waals surface area contributed by atoms with Crippen molar-refractivity contribution in [3.05, 3.63) is 64.6 Å². The van der Waals surface area contributed by atoms with Crippen LogP contribution < -0.4 is 10.9 Å². The Morgan fingerprint density at radius 2 is 1.83 bits per heavy atom. The second-order valence-electron chi connectivity index (χ2n) is 4.86. The van der Waals surface area contributed by atoms with E-state index >= 15 is 0 Å². The van der Waals surface area contributed by atoms with Crippen molar-refractivity contribution in [1.82, 2.24) is 9.88 Å². The number of carbonyl (C=O) groups excluding carboxylic acids is 1. The zero-order chi connectivity index (χ0) is 17.6. The summed E-state index contributed by atoms with van der Waals surface area (Å²) < 4.78 is 38.7. The molecule has 0 aliphatic carbocycles. The predicted octanol–water partition coefficient (Wildman–Crippen LogP) is 2.78. The lowest BCUT2D eigenvalue weighted by molar-refractivity contribution is -0.139. The Morgan fingerprint density at radius 3 is 2.50 bits per heavy atom. The van der Waals surface area contributed by atoms with Gasteiger partial charge in [0, 0.05) is 23.4 Å². The van der Waals surface area contributed by atoms with E-state index in [-0.39, 0.29) is 0 Å². The number of nitrogens with one attached hydrogen (secondary N) is 1. The first-order chi connectivity index (χ1) is 11.4. The summed E-state index contributed by atoms with van der Waals surface area (Å²) in [5, 5.41) is 2.59. The molecule has 1 amide bonds. The van der Waals surface area contributed by atoms with Crippen LogP contribution in [-0.4, -0.2) is 22.8 Å². The van der Waals surface area contributed by atoms with Crippen molar-refractivity contribution >= 4 is 17.7 Å². The number of nitrogens with zero attached hydrogens (tertiary/aromatic N) is 1. The number of alkyl halides is 3. The van der Waals surface area contributed by atoms with E-state index in [9.17, 15) is 22.8 Å². The number of amides is 1. The molecular weight excluding hydrogens is 341 g/mol. The Bertz CT molecular complexity index is 745. The molecule has 8 heteroatoms. The highest BCUT2D eigenvalue weighted by Crippen LogP contribution is 2.25. The summed E-state index contributed by atoms with van der Waals surface area (Å²) in [4.78, 5) is 24.6. The number of rotatable bonds is 6. The highest BCUT2D eigenvalue weighted by Gasteiger charge is 2.34. The van der Waals surface area contributed by atoms with Gasteiger partial charge in [0.15, 0.2) is 0 Å². The maximum atomic E-state index is 12.7. The zero-order valence-corrected chi connectivity index (χ0v) is 13.4. The average molecular weight is 356 g/mol. The monoisotopic (exact) mass is 356 g/mol. The van der Waals surface area contributed by atoms with Crippen LogP contribution in [0.15, 0.2) is 58.4 Å². The van der Waals surface area contributed by atoms with Crippen LogP contribution in [0, 0.1) is 0 Å². The van der Waals surface area contributed by atoms with Gasteiger partial charge in [0.25, 0.3) is 5.56 Å². The van der Waals surface area contributed by atoms with Crippen molar-refractivity contribution in [3.63, 3.8) is 0 Å². The van der Waals surface area contributed by atoms with Gasteiger partial charge < -0.3 is 9.88 Å². The van der Waals surface area contributed by atoms with E-state index < -0.39 is 29.8 Å². The summed E-state index contributed by atoms with van der Waals surface area (Å²) in [5.41, 5.74) is -2.50. The van der Waals surface area contributed by atoms with Gasteiger partial charge in [-0.15, -0.1) is 11.8 Å². The fourth-order valence-corrected chi connectivity index (χ4v) is 2.75. The average Bonchev–Trinajstić information content (AvgIpc) is 2.53. The minimum absolute atomic E-state index is 0.353. The van der Waals surface area contributed by atoms with Gasteiger partial charge >= 0.3 is 6.18 Å². The largest absolute Gasteiger partial charge is 0.421 e. The first-order valence-electron chi connectivity index (χ1n) is 7.09. The molecule has 4 nitrogen and oxygen atoms in total. The molecule has 0 saturated carbocycles. The van der Waals surface area contributed by atoms with Crippen molar-refractivity contribution in [2.45, 2.75) is 17.6 Å². The van der Waals surface area contributed by atoms with E-state index in [4.69, 9.17) is 0 Å². The van der Waals surface area contributed by atoms with Crippen molar-refractivity contribution in [3.8, 4) is 0 Å². The quantitative estimate of drug-likeness (QED) is 0.640. The summed E-state index contributed by atoms with van der Waals surface area (Å²) in [5.74, 6) is 0.109. The lowest BCUT2D eigenvalue weighted by atomic mass is 10.2. The van der Waals surface area contributed by atoms with Gasteiger partial charge in [0.1, 0.15) is 12.1 Å². The highest BCUT2D eigenvalue weighted by atomic mass is 32.2. The van der Waals surface area contributed by atoms with Crippen LogP contribution in [0.1, 0.15) is 5.56 Å². The molecule has 1 aromatic carbocycles. The number of carbonyl (C=O) groups is 1. The molecule has 24 heavy (non-hydrogen) atoms. The number of hydrogen-bond donors (Lipinski definition) is 1. The molecular formula is C16H15F3N2O2S. The van der Waals surface area contributed by atoms with E-state index in [0.717, 1.165) is 21.7 Å². The number of benzene rings is 1. The van der Waals surface area contributed by atoms with Crippen LogP contribution in [-0.2, 0) is 17.5 Å². The third kappa shape index (κ3) is 5.16. The van der Waals surface area contributed by atoms with Crippen molar-refractivity contribution in [1.29, 1.82) is 0 Å². The molecule has 0 aliphatic rings. The van der Waals surface area contributed by atoms with E-state index in [0.29, 0.717) is 18.4 Å². The Hall–Kier alpha value is -2.22. The minimum Gasteiger partial charge on any atom is -0.354 e. The molecule has 0 radical (unpaired) electrons. The van der Waals surface area contributed by atoms with Gasteiger partial charge in [-0.05, 0) is 24.3 Å². The molecule has 0 bridgehead atoms. The van der Waals surface area contributed by atoms with Gasteiger partial charge in [-0.1, -0.05) is 18.2 Å². The number of pyridine rings is 1. The fourth-order valence-electron chi connectivity index (χ4n) is 1.96. The molecule has 0 aliphatic heterocycles. The zero-order valence-electron chi connectivity index (χ0n) is 12.5. The normalized spacial score (nSPS) is 11.3. The summed E-state index contributed by atoms with van der Waals surface area (Å²) in [6.45, 7) is -0.0924. The number of aromatic nitrogens is 1. The Kier molecular flexibility index (Phi) is 6.08. The number of halogens is 3. The Labute approximate surface area is 140 Å². The highest BCUT2D eigenvalue weighted by molar-refractivity contribution is 7.99. The molecule has 0 atom stereocenters. The summed E-state index contributed by atoms with van der Waals surface area (Å²) >= 11 is 1.55. The van der Waals surface area contributed by atoms with E-state index in [2.05, 4.69) is 5.32 Å². The molecule has 1 heterocycles. The smallest absolute Gasteiger partial charge is 0.354 e. The van der Waals surface area contributed by atoms with E-state index in [1.54, 1.807) is 11.8 Å². The molecule has 2 aromatic rings. The van der Waals surface area contributed by atoms with Crippen LogP contribution >= 0.6 is 11.8 Å². The van der Waals surface area contributed by atoms with Crippen molar-refractivity contribution in [2.24, 2.45) is 0 Å². The topological polar surface area (TPSA) is 51.1 Å². The fraction of sp³-hybridized carbons (Fsp3) is 0.250. The van der Waals surface area contributed by atoms with Gasteiger partial charge in [-0.2, -0.15) is 13.2 Å². The SMILES string of the molecule is O=C(Cn1cccc(C(F)(F)F)c1=O)NCCSc1ccccc1. The van der Waals surface area contributed by atoms with E-state index in [1.807, 2.05) is 30.3 Å². The van der Waals surface area contributed by atoms with Crippen LogP contribution in [0.2, 0.25) is 0 Å². The molecule has 0 fully saturated rings. The summed E-state index contributed by atoms with van der Waals surface area (Å²) in [7, 11) is 0. The Morgan fingerprint density at radius 1 is 1.12 bits per heavy atom. The van der Waals surface area contributed by atoms with Gasteiger partial charge in [-0.25, -0.2) is 0 Å². The molecule has 0 spiro atoms. The maximum absolute atomic E-state index is 12.7. The van der Waals surface area contributed by atoms with Crippen LogP contribution in [0.4, 0.5) is 13.2 Å². The van der Waals surface area contributed by atoms with Crippen molar-refractivity contribution in [2.75, 3.05) is 12.3 Å². The van der Waals surface area contributed by atoms with Gasteiger partial charge in [-0.3, -0.25) is 9.59 Å². The van der Waals surface area contributed by atoms with E-state index in [1.165, 1.54) is 0 Å². The maximum Gasteiger partial charge on any atom is 0.421 e. The first kappa shape index (κ1) is 18.1.